The van der Waals surface area contributed by atoms with E-state index in [1.165, 1.54) is 16.7 Å². The number of aryl methyl sites for hydroxylation is 2. The lowest BCUT2D eigenvalue weighted by Gasteiger charge is -2.26. The summed E-state index contributed by atoms with van der Waals surface area (Å²) in [6.07, 6.45) is 0. The average Bonchev–Trinajstić information content (AvgIpc) is 2.19. The van der Waals surface area contributed by atoms with Crippen molar-refractivity contribution in [3.05, 3.63) is 34.9 Å². The van der Waals surface area contributed by atoms with E-state index in [0.717, 1.165) is 19.6 Å². The Morgan fingerprint density at radius 2 is 2.07 bits per heavy atom. The Morgan fingerprint density at radius 3 is 2.71 bits per heavy atom. The van der Waals surface area contributed by atoms with Crippen molar-refractivity contribution in [2.75, 3.05) is 19.6 Å². The molecule has 1 aromatic carbocycles. The van der Waals surface area contributed by atoms with E-state index in [9.17, 15) is 0 Å². The molecule has 1 saturated heterocycles. The fourth-order valence-electron chi connectivity index (χ4n) is 2.09. The zero-order valence-corrected chi connectivity index (χ0v) is 8.93. The molecule has 2 N–H and O–H groups in total. The summed E-state index contributed by atoms with van der Waals surface area (Å²) in [6, 6.07) is 7.18. The summed E-state index contributed by atoms with van der Waals surface area (Å²) in [7, 11) is 0. The SMILES string of the molecule is Cc1ccc([C@@H]2CNCCN2)c(C)c1. The maximum atomic E-state index is 3.53. The predicted octanol–water partition coefficient (Wildman–Crippen LogP) is 1.54. The molecule has 0 bridgehead atoms. The van der Waals surface area contributed by atoms with E-state index in [-0.39, 0.29) is 0 Å². The van der Waals surface area contributed by atoms with Crippen LogP contribution in [0.5, 0.6) is 0 Å². The van der Waals surface area contributed by atoms with Gasteiger partial charge in [-0.25, -0.2) is 0 Å². The van der Waals surface area contributed by atoms with Crippen LogP contribution in [0.2, 0.25) is 0 Å². The Balaban J connectivity index is 2.22. The van der Waals surface area contributed by atoms with Crippen LogP contribution in [0.25, 0.3) is 0 Å². The third-order valence-corrected chi connectivity index (χ3v) is 2.84. The van der Waals surface area contributed by atoms with Gasteiger partial charge in [0, 0.05) is 25.7 Å². The van der Waals surface area contributed by atoms with Gasteiger partial charge in [-0.05, 0) is 25.0 Å². The van der Waals surface area contributed by atoms with Crippen LogP contribution < -0.4 is 10.6 Å². The first-order valence-corrected chi connectivity index (χ1v) is 5.28. The Labute approximate surface area is 85.7 Å². The van der Waals surface area contributed by atoms with Crippen LogP contribution in [0, 0.1) is 13.8 Å². The highest BCUT2D eigenvalue weighted by molar-refractivity contribution is 5.33. The molecular weight excluding hydrogens is 172 g/mol. The molecule has 0 radical (unpaired) electrons. The number of hydrogen-bond donors (Lipinski definition) is 2. The summed E-state index contributed by atoms with van der Waals surface area (Å²) in [5, 5.41) is 6.95. The van der Waals surface area contributed by atoms with E-state index in [0.29, 0.717) is 6.04 Å². The van der Waals surface area contributed by atoms with Gasteiger partial charge < -0.3 is 10.6 Å². The lowest BCUT2D eigenvalue weighted by Crippen LogP contribution is -2.42. The van der Waals surface area contributed by atoms with Gasteiger partial charge in [-0.3, -0.25) is 0 Å². The number of hydrogen-bond acceptors (Lipinski definition) is 2. The number of benzene rings is 1. The maximum Gasteiger partial charge on any atom is 0.0449 e. The lowest BCUT2D eigenvalue weighted by atomic mass is 9.98. The number of piperazine rings is 1. The highest BCUT2D eigenvalue weighted by Crippen LogP contribution is 2.19. The zero-order chi connectivity index (χ0) is 9.97. The minimum atomic E-state index is 0.490. The standard InChI is InChI=1S/C12H18N2/c1-9-3-4-11(10(2)7-9)12-8-13-5-6-14-12/h3-4,7,12-14H,5-6,8H2,1-2H3/t12-/m0/s1. The molecule has 2 heteroatoms. The normalized spacial score (nSPS) is 22.3. The van der Waals surface area contributed by atoms with E-state index >= 15 is 0 Å². The molecule has 0 unspecified atom stereocenters. The van der Waals surface area contributed by atoms with Crippen LogP contribution in [-0.2, 0) is 0 Å². The van der Waals surface area contributed by atoms with Crippen molar-refractivity contribution in [1.82, 2.24) is 10.6 Å². The molecule has 0 amide bonds. The Bertz CT molecular complexity index is 314. The van der Waals surface area contributed by atoms with Gasteiger partial charge in [0.15, 0.2) is 0 Å². The summed E-state index contributed by atoms with van der Waals surface area (Å²) in [5.41, 5.74) is 4.17. The van der Waals surface area contributed by atoms with Gasteiger partial charge in [0.2, 0.25) is 0 Å². The second kappa shape index (κ2) is 4.11. The van der Waals surface area contributed by atoms with Crippen molar-refractivity contribution in [3.8, 4) is 0 Å². The van der Waals surface area contributed by atoms with Crippen molar-refractivity contribution in [3.63, 3.8) is 0 Å². The van der Waals surface area contributed by atoms with Crippen molar-refractivity contribution in [2.45, 2.75) is 19.9 Å². The summed E-state index contributed by atoms with van der Waals surface area (Å²) in [5.74, 6) is 0. The second-order valence-electron chi connectivity index (χ2n) is 4.07. The quantitative estimate of drug-likeness (QED) is 0.702. The topological polar surface area (TPSA) is 24.1 Å². The molecule has 1 fully saturated rings. The Kier molecular flexibility index (Phi) is 2.85. The monoisotopic (exact) mass is 190 g/mol. The van der Waals surface area contributed by atoms with Gasteiger partial charge in [0.1, 0.15) is 0 Å². The van der Waals surface area contributed by atoms with Crippen molar-refractivity contribution in [1.29, 1.82) is 0 Å². The molecule has 1 atom stereocenters. The first-order chi connectivity index (χ1) is 6.77. The van der Waals surface area contributed by atoms with E-state index in [2.05, 4.69) is 42.7 Å². The van der Waals surface area contributed by atoms with Crippen LogP contribution in [0.1, 0.15) is 22.7 Å². The fraction of sp³-hybridized carbons (Fsp3) is 0.500. The highest BCUT2D eigenvalue weighted by atomic mass is 15.1. The van der Waals surface area contributed by atoms with Crippen LogP contribution >= 0.6 is 0 Å². The molecule has 1 heterocycles. The van der Waals surface area contributed by atoms with Crippen molar-refractivity contribution < 1.29 is 0 Å². The molecule has 0 spiro atoms. The molecule has 14 heavy (non-hydrogen) atoms. The summed E-state index contributed by atoms with van der Waals surface area (Å²) in [6.45, 7) is 7.53. The van der Waals surface area contributed by atoms with E-state index in [4.69, 9.17) is 0 Å². The van der Waals surface area contributed by atoms with E-state index in [1.54, 1.807) is 0 Å². The van der Waals surface area contributed by atoms with Gasteiger partial charge >= 0.3 is 0 Å². The molecule has 2 rings (SSSR count). The molecule has 0 saturated carbocycles. The lowest BCUT2D eigenvalue weighted by molar-refractivity contribution is 0.429. The minimum Gasteiger partial charge on any atom is -0.314 e. The molecule has 1 aliphatic rings. The zero-order valence-electron chi connectivity index (χ0n) is 8.93. The van der Waals surface area contributed by atoms with Crippen molar-refractivity contribution in [2.24, 2.45) is 0 Å². The van der Waals surface area contributed by atoms with E-state index in [1.807, 2.05) is 0 Å². The summed E-state index contributed by atoms with van der Waals surface area (Å²) < 4.78 is 0. The molecule has 1 aromatic rings. The largest absolute Gasteiger partial charge is 0.314 e. The minimum absolute atomic E-state index is 0.490. The summed E-state index contributed by atoms with van der Waals surface area (Å²) in [4.78, 5) is 0. The van der Waals surface area contributed by atoms with Crippen molar-refractivity contribution >= 4 is 0 Å². The van der Waals surface area contributed by atoms with Gasteiger partial charge in [0.25, 0.3) is 0 Å². The van der Waals surface area contributed by atoms with Gasteiger partial charge in [-0.15, -0.1) is 0 Å². The maximum absolute atomic E-state index is 3.53. The van der Waals surface area contributed by atoms with Gasteiger partial charge in [-0.1, -0.05) is 23.8 Å². The third kappa shape index (κ3) is 1.97. The Morgan fingerprint density at radius 1 is 1.21 bits per heavy atom. The predicted molar refractivity (Wildman–Crippen MR) is 59.5 cm³/mol. The highest BCUT2D eigenvalue weighted by Gasteiger charge is 2.15. The Hall–Kier alpha value is -0.860. The fourth-order valence-corrected chi connectivity index (χ4v) is 2.09. The average molecular weight is 190 g/mol. The van der Waals surface area contributed by atoms with Gasteiger partial charge in [-0.2, -0.15) is 0 Å². The van der Waals surface area contributed by atoms with E-state index < -0.39 is 0 Å². The molecular formula is C12H18N2. The summed E-state index contributed by atoms with van der Waals surface area (Å²) >= 11 is 0. The van der Waals surface area contributed by atoms with Gasteiger partial charge in [0.05, 0.1) is 0 Å². The molecule has 0 aromatic heterocycles. The van der Waals surface area contributed by atoms with Crippen LogP contribution in [0.4, 0.5) is 0 Å². The number of rotatable bonds is 1. The third-order valence-electron chi connectivity index (χ3n) is 2.84. The molecule has 0 aliphatic carbocycles. The van der Waals surface area contributed by atoms with Crippen LogP contribution in [0.15, 0.2) is 18.2 Å². The molecule has 2 nitrogen and oxygen atoms in total. The first kappa shape index (κ1) is 9.69. The smallest absolute Gasteiger partial charge is 0.0449 e. The molecule has 1 aliphatic heterocycles. The number of nitrogens with one attached hydrogen (secondary N) is 2. The van der Waals surface area contributed by atoms with Crippen LogP contribution in [0.3, 0.4) is 0 Å². The first-order valence-electron chi connectivity index (χ1n) is 5.28. The second-order valence-corrected chi connectivity index (χ2v) is 4.07. The molecule has 76 valence electrons. The van der Waals surface area contributed by atoms with Crippen LogP contribution in [-0.4, -0.2) is 19.6 Å².